The Morgan fingerprint density at radius 3 is 2.81 bits per heavy atom. The third kappa shape index (κ3) is 2.45. The zero-order valence-electron chi connectivity index (χ0n) is 12.2. The van der Waals surface area contributed by atoms with Gasteiger partial charge >= 0.3 is 0 Å². The average Bonchev–Trinajstić information content (AvgIpc) is 2.89. The van der Waals surface area contributed by atoms with Crippen LogP contribution < -0.4 is 10.6 Å². The van der Waals surface area contributed by atoms with Gasteiger partial charge in [-0.05, 0) is 43.7 Å². The van der Waals surface area contributed by atoms with Crippen LogP contribution in [0, 0.1) is 6.92 Å². The maximum absolute atomic E-state index is 3.78. The number of piperidine rings is 1. The average molecular weight is 296 g/mol. The normalized spacial score (nSPS) is 23.3. The first-order chi connectivity index (χ1) is 10.3. The highest BCUT2D eigenvalue weighted by Gasteiger charge is 2.34. The van der Waals surface area contributed by atoms with Crippen molar-refractivity contribution in [3.8, 4) is 0 Å². The van der Waals surface area contributed by atoms with Crippen LogP contribution in [0.2, 0.25) is 0 Å². The Bertz CT molecular complexity index is 651. The Hall–Kier alpha value is -1.45. The summed E-state index contributed by atoms with van der Waals surface area (Å²) < 4.78 is 0. The summed E-state index contributed by atoms with van der Waals surface area (Å²) in [6, 6.07) is 16.1. The molecular formula is C18H20N2S. The van der Waals surface area contributed by atoms with Crippen molar-refractivity contribution >= 4 is 17.4 Å². The predicted octanol–water partition coefficient (Wildman–Crippen LogP) is 4.02. The number of para-hydroxylation sites is 1. The number of aryl methyl sites for hydroxylation is 1. The lowest BCUT2D eigenvalue weighted by atomic mass is 9.91. The SMILES string of the molecule is Cc1ccc(Sc2cccc3c2NC2CCNCC32)cc1. The molecule has 2 unspecified atom stereocenters. The summed E-state index contributed by atoms with van der Waals surface area (Å²) in [5.41, 5.74) is 4.17. The van der Waals surface area contributed by atoms with Crippen molar-refractivity contribution in [2.75, 3.05) is 18.4 Å². The Labute approximate surface area is 130 Å². The van der Waals surface area contributed by atoms with Crippen molar-refractivity contribution in [2.24, 2.45) is 0 Å². The molecule has 2 aliphatic rings. The smallest absolute Gasteiger partial charge is 0.0521 e. The minimum Gasteiger partial charge on any atom is -0.380 e. The van der Waals surface area contributed by atoms with Gasteiger partial charge in [-0.3, -0.25) is 0 Å². The summed E-state index contributed by atoms with van der Waals surface area (Å²) in [7, 11) is 0. The van der Waals surface area contributed by atoms with Crippen LogP contribution in [0.3, 0.4) is 0 Å². The van der Waals surface area contributed by atoms with Crippen molar-refractivity contribution in [3.05, 3.63) is 53.6 Å². The van der Waals surface area contributed by atoms with Gasteiger partial charge in [0, 0.05) is 28.3 Å². The molecule has 0 spiro atoms. The van der Waals surface area contributed by atoms with E-state index in [0.29, 0.717) is 12.0 Å². The number of nitrogens with one attached hydrogen (secondary N) is 2. The molecule has 0 bridgehead atoms. The Morgan fingerprint density at radius 2 is 1.95 bits per heavy atom. The molecule has 21 heavy (non-hydrogen) atoms. The van der Waals surface area contributed by atoms with Crippen LogP contribution in [0.1, 0.15) is 23.5 Å². The third-order valence-corrected chi connectivity index (χ3v) is 5.59. The number of benzene rings is 2. The fourth-order valence-electron chi connectivity index (χ4n) is 3.37. The van der Waals surface area contributed by atoms with E-state index in [0.717, 1.165) is 13.1 Å². The monoisotopic (exact) mass is 296 g/mol. The van der Waals surface area contributed by atoms with Gasteiger partial charge in [-0.1, -0.05) is 41.6 Å². The molecule has 2 nitrogen and oxygen atoms in total. The summed E-state index contributed by atoms with van der Waals surface area (Å²) in [6.45, 7) is 4.36. The van der Waals surface area contributed by atoms with Crippen molar-refractivity contribution in [1.82, 2.24) is 5.32 Å². The first-order valence-corrected chi connectivity index (χ1v) is 8.47. The lowest BCUT2D eigenvalue weighted by molar-refractivity contribution is 0.440. The van der Waals surface area contributed by atoms with Crippen LogP contribution >= 0.6 is 11.8 Å². The maximum Gasteiger partial charge on any atom is 0.0521 e. The number of hydrogen-bond acceptors (Lipinski definition) is 3. The molecule has 4 rings (SSSR count). The number of rotatable bonds is 2. The van der Waals surface area contributed by atoms with E-state index in [1.165, 1.54) is 33.0 Å². The van der Waals surface area contributed by atoms with Crippen LogP contribution in [0.25, 0.3) is 0 Å². The van der Waals surface area contributed by atoms with Gasteiger partial charge in [0.15, 0.2) is 0 Å². The van der Waals surface area contributed by atoms with Gasteiger partial charge in [0.25, 0.3) is 0 Å². The molecule has 108 valence electrons. The molecule has 0 aromatic heterocycles. The highest BCUT2D eigenvalue weighted by Crippen LogP contribution is 2.45. The minimum atomic E-state index is 0.612. The molecule has 2 aromatic rings. The van der Waals surface area contributed by atoms with E-state index < -0.39 is 0 Å². The van der Waals surface area contributed by atoms with Crippen molar-refractivity contribution in [2.45, 2.75) is 35.1 Å². The predicted molar refractivity (Wildman–Crippen MR) is 89.4 cm³/mol. The molecule has 1 fully saturated rings. The summed E-state index contributed by atoms with van der Waals surface area (Å²) in [4.78, 5) is 2.66. The second-order valence-electron chi connectivity index (χ2n) is 5.99. The molecule has 2 N–H and O–H groups in total. The van der Waals surface area contributed by atoms with E-state index in [4.69, 9.17) is 0 Å². The van der Waals surface area contributed by atoms with Crippen molar-refractivity contribution in [3.63, 3.8) is 0 Å². The van der Waals surface area contributed by atoms with Gasteiger partial charge < -0.3 is 10.6 Å². The van der Waals surface area contributed by atoms with Gasteiger partial charge in [-0.2, -0.15) is 0 Å². The topological polar surface area (TPSA) is 24.1 Å². The standard InChI is InChI=1S/C18H20N2S/c1-12-5-7-13(8-6-12)21-17-4-2-3-14-15-11-19-10-9-16(15)20-18(14)17/h2-8,15-16,19-20H,9-11H2,1H3. The first-order valence-electron chi connectivity index (χ1n) is 7.66. The maximum atomic E-state index is 3.78. The van der Waals surface area contributed by atoms with Crippen molar-refractivity contribution < 1.29 is 0 Å². The van der Waals surface area contributed by atoms with E-state index in [1.54, 1.807) is 0 Å². The molecule has 0 saturated carbocycles. The van der Waals surface area contributed by atoms with Gasteiger partial charge in [-0.25, -0.2) is 0 Å². The number of anilines is 1. The molecule has 1 saturated heterocycles. The zero-order valence-corrected chi connectivity index (χ0v) is 13.0. The summed E-state index contributed by atoms with van der Waals surface area (Å²) in [6.07, 6.45) is 1.22. The van der Waals surface area contributed by atoms with E-state index in [2.05, 4.69) is 60.0 Å². The summed E-state index contributed by atoms with van der Waals surface area (Å²) in [5, 5.41) is 7.30. The van der Waals surface area contributed by atoms with Crippen LogP contribution in [0.5, 0.6) is 0 Å². The first kappa shape index (κ1) is 13.2. The zero-order chi connectivity index (χ0) is 14.2. The summed E-state index contributed by atoms with van der Waals surface area (Å²) >= 11 is 1.86. The fraction of sp³-hybridized carbons (Fsp3) is 0.333. The lowest BCUT2D eigenvalue weighted by Crippen LogP contribution is -2.38. The molecule has 0 radical (unpaired) electrons. The second-order valence-corrected chi connectivity index (χ2v) is 7.10. The molecule has 2 aliphatic heterocycles. The molecule has 3 heteroatoms. The Morgan fingerprint density at radius 1 is 1.10 bits per heavy atom. The molecule has 2 aromatic carbocycles. The van der Waals surface area contributed by atoms with Crippen molar-refractivity contribution in [1.29, 1.82) is 0 Å². The van der Waals surface area contributed by atoms with Crippen LogP contribution in [0.15, 0.2) is 52.3 Å². The molecular weight excluding hydrogens is 276 g/mol. The number of fused-ring (bicyclic) bond motifs is 3. The van der Waals surface area contributed by atoms with Crippen LogP contribution in [0.4, 0.5) is 5.69 Å². The van der Waals surface area contributed by atoms with Crippen LogP contribution in [-0.4, -0.2) is 19.1 Å². The summed E-state index contributed by atoms with van der Waals surface area (Å²) in [5.74, 6) is 0.632. The van der Waals surface area contributed by atoms with E-state index in [1.807, 2.05) is 11.8 Å². The van der Waals surface area contributed by atoms with E-state index in [9.17, 15) is 0 Å². The highest BCUT2D eigenvalue weighted by molar-refractivity contribution is 7.99. The second kappa shape index (κ2) is 5.39. The van der Waals surface area contributed by atoms with Crippen LogP contribution in [-0.2, 0) is 0 Å². The van der Waals surface area contributed by atoms with Gasteiger partial charge in [0.2, 0.25) is 0 Å². The van der Waals surface area contributed by atoms with Gasteiger partial charge in [0.1, 0.15) is 0 Å². The van der Waals surface area contributed by atoms with Gasteiger partial charge in [0.05, 0.1) is 5.69 Å². The Balaban J connectivity index is 1.66. The fourth-order valence-corrected chi connectivity index (χ4v) is 4.32. The molecule has 2 heterocycles. The highest BCUT2D eigenvalue weighted by atomic mass is 32.2. The lowest BCUT2D eigenvalue weighted by Gasteiger charge is -2.26. The molecule has 0 amide bonds. The minimum absolute atomic E-state index is 0.612. The van der Waals surface area contributed by atoms with E-state index >= 15 is 0 Å². The number of hydrogen-bond donors (Lipinski definition) is 2. The Kier molecular flexibility index (Phi) is 3.40. The molecule has 0 aliphatic carbocycles. The quantitative estimate of drug-likeness (QED) is 0.875. The molecule has 2 atom stereocenters. The third-order valence-electron chi connectivity index (χ3n) is 4.52. The van der Waals surface area contributed by atoms with Gasteiger partial charge in [-0.15, -0.1) is 0 Å². The largest absolute Gasteiger partial charge is 0.380 e. The van der Waals surface area contributed by atoms with E-state index in [-0.39, 0.29) is 0 Å².